The van der Waals surface area contributed by atoms with Crippen molar-refractivity contribution in [3.63, 3.8) is 0 Å². The van der Waals surface area contributed by atoms with Gasteiger partial charge in [0.15, 0.2) is 0 Å². The standard InChI is InChI=1S/C20H21N5O/c21-17-15(9-10-22-18(17)14-6-2-1-3-7-14)20(26)25-13-5-4-8-16(25)19-23-11-12-24-19/h1-3,6-7,9-12,16H,4-5,8,13,21H2,(H,23,24). The Hall–Kier alpha value is -3.15. The summed E-state index contributed by atoms with van der Waals surface area (Å²) in [6, 6.07) is 11.4. The van der Waals surface area contributed by atoms with Gasteiger partial charge in [-0.2, -0.15) is 0 Å². The first-order valence-corrected chi connectivity index (χ1v) is 8.86. The van der Waals surface area contributed by atoms with Gasteiger partial charge in [-0.15, -0.1) is 0 Å². The number of nitrogen functional groups attached to an aromatic ring is 1. The van der Waals surface area contributed by atoms with Crippen molar-refractivity contribution in [1.29, 1.82) is 0 Å². The minimum Gasteiger partial charge on any atom is -0.396 e. The third kappa shape index (κ3) is 2.94. The van der Waals surface area contributed by atoms with Crippen molar-refractivity contribution in [2.45, 2.75) is 25.3 Å². The molecule has 3 N–H and O–H groups in total. The van der Waals surface area contributed by atoms with Crippen LogP contribution in [0.15, 0.2) is 55.0 Å². The summed E-state index contributed by atoms with van der Waals surface area (Å²) in [4.78, 5) is 27.1. The number of nitrogens with two attached hydrogens (primary N) is 1. The number of hydrogen-bond donors (Lipinski definition) is 2. The van der Waals surface area contributed by atoms with Gasteiger partial charge < -0.3 is 15.6 Å². The summed E-state index contributed by atoms with van der Waals surface area (Å²) in [6.07, 6.45) is 8.13. The number of H-pyrrole nitrogens is 1. The number of likely N-dealkylation sites (tertiary alicyclic amines) is 1. The molecule has 2 aromatic heterocycles. The summed E-state index contributed by atoms with van der Waals surface area (Å²) >= 11 is 0. The second kappa shape index (κ2) is 7.00. The SMILES string of the molecule is Nc1c(C(=O)N2CCCCC2c2ncc[nH]2)ccnc1-c1ccccc1. The maximum absolute atomic E-state index is 13.3. The van der Waals surface area contributed by atoms with E-state index in [1.165, 1.54) is 0 Å². The van der Waals surface area contributed by atoms with E-state index in [2.05, 4.69) is 15.0 Å². The van der Waals surface area contributed by atoms with Gasteiger partial charge in [0.1, 0.15) is 5.82 Å². The highest BCUT2D eigenvalue weighted by molar-refractivity contribution is 6.02. The lowest BCUT2D eigenvalue weighted by Crippen LogP contribution is -2.39. The molecule has 1 atom stereocenters. The van der Waals surface area contributed by atoms with Crippen molar-refractivity contribution < 1.29 is 4.79 Å². The number of imidazole rings is 1. The predicted octanol–water partition coefficient (Wildman–Crippen LogP) is 3.42. The van der Waals surface area contributed by atoms with Crippen LogP contribution in [0.4, 0.5) is 5.69 Å². The van der Waals surface area contributed by atoms with Crippen LogP contribution >= 0.6 is 0 Å². The van der Waals surface area contributed by atoms with E-state index < -0.39 is 0 Å². The van der Waals surface area contributed by atoms with E-state index in [0.29, 0.717) is 23.5 Å². The number of nitrogens with zero attached hydrogens (tertiary/aromatic N) is 3. The molecule has 26 heavy (non-hydrogen) atoms. The van der Waals surface area contributed by atoms with Gasteiger partial charge in [0.05, 0.1) is 23.0 Å². The van der Waals surface area contributed by atoms with Crippen LogP contribution in [0.2, 0.25) is 0 Å². The lowest BCUT2D eigenvalue weighted by molar-refractivity contribution is 0.0602. The van der Waals surface area contributed by atoms with Crippen LogP contribution in [-0.2, 0) is 0 Å². The number of pyridine rings is 1. The fourth-order valence-electron chi connectivity index (χ4n) is 3.56. The largest absolute Gasteiger partial charge is 0.396 e. The number of aromatic amines is 1. The zero-order valence-corrected chi connectivity index (χ0v) is 14.4. The number of nitrogens with one attached hydrogen (secondary N) is 1. The normalized spacial score (nSPS) is 17.2. The maximum Gasteiger partial charge on any atom is 0.256 e. The summed E-state index contributed by atoms with van der Waals surface area (Å²) in [5.41, 5.74) is 8.82. The molecular formula is C20H21N5O. The molecule has 3 aromatic rings. The molecule has 1 aliphatic heterocycles. The van der Waals surface area contributed by atoms with Gasteiger partial charge in [-0.05, 0) is 25.3 Å². The topological polar surface area (TPSA) is 87.9 Å². The smallest absolute Gasteiger partial charge is 0.256 e. The quantitative estimate of drug-likeness (QED) is 0.760. The average Bonchev–Trinajstić information content (AvgIpc) is 3.23. The molecule has 6 heteroatoms. The molecule has 3 heterocycles. The number of aromatic nitrogens is 3. The number of anilines is 1. The maximum atomic E-state index is 13.3. The Labute approximate surface area is 152 Å². The zero-order chi connectivity index (χ0) is 17.9. The molecule has 0 spiro atoms. The third-order valence-electron chi connectivity index (χ3n) is 4.87. The third-order valence-corrected chi connectivity index (χ3v) is 4.87. The highest BCUT2D eigenvalue weighted by atomic mass is 16.2. The second-order valence-corrected chi connectivity index (χ2v) is 6.47. The first-order chi connectivity index (χ1) is 12.8. The van der Waals surface area contributed by atoms with Gasteiger partial charge in [-0.1, -0.05) is 30.3 Å². The molecule has 1 saturated heterocycles. The van der Waals surface area contributed by atoms with E-state index in [1.807, 2.05) is 35.2 Å². The van der Waals surface area contributed by atoms with Crippen molar-refractivity contribution in [1.82, 2.24) is 19.9 Å². The molecule has 1 fully saturated rings. The minimum absolute atomic E-state index is 0.0426. The van der Waals surface area contributed by atoms with Gasteiger partial charge in [0, 0.05) is 30.7 Å². The van der Waals surface area contributed by atoms with Crippen LogP contribution in [0.5, 0.6) is 0 Å². The number of benzene rings is 1. The van der Waals surface area contributed by atoms with Crippen LogP contribution in [0.3, 0.4) is 0 Å². The molecule has 132 valence electrons. The summed E-state index contributed by atoms with van der Waals surface area (Å²) in [5.74, 6) is 0.761. The molecule has 1 amide bonds. The van der Waals surface area contributed by atoms with Crippen molar-refractivity contribution in [2.24, 2.45) is 0 Å². The Kier molecular flexibility index (Phi) is 4.39. The van der Waals surface area contributed by atoms with E-state index in [1.54, 1.807) is 24.7 Å². The second-order valence-electron chi connectivity index (χ2n) is 6.47. The average molecular weight is 347 g/mol. The Bertz CT molecular complexity index is 892. The van der Waals surface area contributed by atoms with E-state index in [9.17, 15) is 4.79 Å². The lowest BCUT2D eigenvalue weighted by atomic mass is 9.99. The number of rotatable bonds is 3. The van der Waals surface area contributed by atoms with E-state index in [4.69, 9.17) is 5.73 Å². The number of carbonyl (C=O) groups is 1. The zero-order valence-electron chi connectivity index (χ0n) is 14.4. The molecule has 1 aliphatic rings. The van der Waals surface area contributed by atoms with Gasteiger partial charge in [-0.3, -0.25) is 9.78 Å². The Balaban J connectivity index is 1.69. The van der Waals surface area contributed by atoms with Crippen LogP contribution in [0, 0.1) is 0 Å². The first-order valence-electron chi connectivity index (χ1n) is 8.86. The molecule has 0 bridgehead atoms. The van der Waals surface area contributed by atoms with Gasteiger partial charge in [0.2, 0.25) is 0 Å². The summed E-state index contributed by atoms with van der Waals surface area (Å²) in [6.45, 7) is 0.701. The van der Waals surface area contributed by atoms with E-state index in [0.717, 1.165) is 30.7 Å². The predicted molar refractivity (Wildman–Crippen MR) is 100 cm³/mol. The summed E-state index contributed by atoms with van der Waals surface area (Å²) < 4.78 is 0. The molecule has 1 aromatic carbocycles. The van der Waals surface area contributed by atoms with Gasteiger partial charge in [0.25, 0.3) is 5.91 Å². The van der Waals surface area contributed by atoms with Gasteiger partial charge in [-0.25, -0.2) is 4.98 Å². The number of piperidine rings is 1. The fraction of sp³-hybridized carbons (Fsp3) is 0.250. The van der Waals surface area contributed by atoms with Crippen molar-refractivity contribution in [3.05, 3.63) is 66.4 Å². The summed E-state index contributed by atoms with van der Waals surface area (Å²) in [5, 5.41) is 0. The van der Waals surface area contributed by atoms with E-state index in [-0.39, 0.29) is 11.9 Å². The fourth-order valence-corrected chi connectivity index (χ4v) is 3.56. The monoisotopic (exact) mass is 347 g/mol. The Morgan fingerprint density at radius 2 is 1.96 bits per heavy atom. The molecular weight excluding hydrogens is 326 g/mol. The first kappa shape index (κ1) is 16.3. The Morgan fingerprint density at radius 3 is 2.73 bits per heavy atom. The van der Waals surface area contributed by atoms with Crippen LogP contribution in [-0.4, -0.2) is 32.3 Å². The molecule has 0 radical (unpaired) electrons. The number of carbonyl (C=O) groups excluding carboxylic acids is 1. The minimum atomic E-state index is -0.0665. The molecule has 6 nitrogen and oxygen atoms in total. The van der Waals surface area contributed by atoms with Crippen LogP contribution in [0.25, 0.3) is 11.3 Å². The molecule has 4 rings (SSSR count). The van der Waals surface area contributed by atoms with Crippen LogP contribution < -0.4 is 5.73 Å². The highest BCUT2D eigenvalue weighted by Crippen LogP contribution is 2.33. The summed E-state index contributed by atoms with van der Waals surface area (Å²) in [7, 11) is 0. The highest BCUT2D eigenvalue weighted by Gasteiger charge is 2.31. The lowest BCUT2D eigenvalue weighted by Gasteiger charge is -2.35. The number of hydrogen-bond acceptors (Lipinski definition) is 4. The molecule has 1 unspecified atom stereocenters. The number of amides is 1. The van der Waals surface area contributed by atoms with Gasteiger partial charge >= 0.3 is 0 Å². The molecule has 0 aliphatic carbocycles. The van der Waals surface area contributed by atoms with Crippen LogP contribution in [0.1, 0.15) is 41.5 Å². The van der Waals surface area contributed by atoms with Crippen molar-refractivity contribution >= 4 is 11.6 Å². The van der Waals surface area contributed by atoms with Crippen molar-refractivity contribution in [2.75, 3.05) is 12.3 Å². The van der Waals surface area contributed by atoms with E-state index >= 15 is 0 Å². The molecule has 0 saturated carbocycles. The van der Waals surface area contributed by atoms with Crippen molar-refractivity contribution in [3.8, 4) is 11.3 Å². The Morgan fingerprint density at radius 1 is 1.12 bits per heavy atom.